The van der Waals surface area contributed by atoms with Crippen LogP contribution in [-0.4, -0.2) is 30.6 Å². The minimum absolute atomic E-state index is 0.657. The molecule has 1 aliphatic rings. The van der Waals surface area contributed by atoms with Crippen molar-refractivity contribution in [2.24, 2.45) is 5.92 Å². The Balaban J connectivity index is 1.97. The lowest BCUT2D eigenvalue weighted by Gasteiger charge is -2.25. The summed E-state index contributed by atoms with van der Waals surface area (Å²) in [4.78, 5) is 2.62. The molecule has 0 bridgehead atoms. The molecule has 0 saturated carbocycles. The van der Waals surface area contributed by atoms with Crippen LogP contribution in [0.1, 0.15) is 43.4 Å². The molecule has 0 amide bonds. The predicted octanol–water partition coefficient (Wildman–Crippen LogP) is 3.51. The lowest BCUT2D eigenvalue weighted by molar-refractivity contribution is 0.247. The number of rotatable bonds is 4. The van der Waals surface area contributed by atoms with Gasteiger partial charge in [0.25, 0.3) is 0 Å². The molecule has 2 nitrogen and oxygen atoms in total. The molecule has 1 fully saturated rings. The van der Waals surface area contributed by atoms with E-state index in [0.29, 0.717) is 6.04 Å². The third-order valence-corrected chi connectivity index (χ3v) is 4.30. The second kappa shape index (κ2) is 7.24. The first-order valence-corrected chi connectivity index (χ1v) is 8.06. The van der Waals surface area contributed by atoms with Crippen molar-refractivity contribution in [2.45, 2.75) is 53.1 Å². The summed E-state index contributed by atoms with van der Waals surface area (Å²) >= 11 is 0. The zero-order valence-corrected chi connectivity index (χ0v) is 13.6. The Bertz CT molecular complexity index is 425. The molecule has 1 aromatic carbocycles. The number of aryl methyl sites for hydroxylation is 2. The Morgan fingerprint density at radius 3 is 2.75 bits per heavy atom. The fourth-order valence-electron chi connectivity index (χ4n) is 3.11. The van der Waals surface area contributed by atoms with Gasteiger partial charge in [-0.2, -0.15) is 0 Å². The largest absolute Gasteiger partial charge is 0.313 e. The van der Waals surface area contributed by atoms with Crippen molar-refractivity contribution in [3.63, 3.8) is 0 Å². The fraction of sp³-hybridized carbons (Fsp3) is 0.667. The van der Waals surface area contributed by atoms with Crippen LogP contribution in [0.4, 0.5) is 0 Å². The van der Waals surface area contributed by atoms with Gasteiger partial charge in [0.05, 0.1) is 0 Å². The van der Waals surface area contributed by atoms with E-state index in [2.05, 4.69) is 56.1 Å². The highest BCUT2D eigenvalue weighted by atomic mass is 15.2. The van der Waals surface area contributed by atoms with Crippen LogP contribution in [-0.2, 0) is 6.54 Å². The molecule has 1 atom stereocenters. The monoisotopic (exact) mass is 274 g/mol. The molecular formula is C18H30N2. The van der Waals surface area contributed by atoms with Crippen molar-refractivity contribution in [3.05, 3.63) is 34.9 Å². The highest BCUT2D eigenvalue weighted by Gasteiger charge is 2.18. The number of nitrogens with one attached hydrogen (secondary N) is 1. The van der Waals surface area contributed by atoms with Crippen LogP contribution in [0.2, 0.25) is 0 Å². The lowest BCUT2D eigenvalue weighted by atomic mass is 10.0. The van der Waals surface area contributed by atoms with Crippen LogP contribution < -0.4 is 5.32 Å². The normalized spacial score (nSPS) is 21.1. The molecule has 1 heterocycles. The molecule has 1 aliphatic heterocycles. The molecule has 1 saturated heterocycles. The van der Waals surface area contributed by atoms with Gasteiger partial charge in [-0.3, -0.25) is 4.90 Å². The first-order valence-electron chi connectivity index (χ1n) is 8.06. The van der Waals surface area contributed by atoms with Gasteiger partial charge in [0.15, 0.2) is 0 Å². The highest BCUT2D eigenvalue weighted by Crippen LogP contribution is 2.15. The minimum atomic E-state index is 0.657. The third kappa shape index (κ3) is 4.60. The van der Waals surface area contributed by atoms with Crippen molar-refractivity contribution >= 4 is 0 Å². The summed E-state index contributed by atoms with van der Waals surface area (Å²) in [6.07, 6.45) is 2.54. The van der Waals surface area contributed by atoms with Crippen molar-refractivity contribution < 1.29 is 0 Å². The maximum Gasteiger partial charge on any atom is 0.0234 e. The van der Waals surface area contributed by atoms with E-state index in [1.807, 2.05) is 0 Å². The molecule has 1 unspecified atom stereocenters. The van der Waals surface area contributed by atoms with E-state index in [-0.39, 0.29) is 0 Å². The molecule has 2 rings (SSSR count). The topological polar surface area (TPSA) is 15.3 Å². The van der Waals surface area contributed by atoms with E-state index >= 15 is 0 Å². The van der Waals surface area contributed by atoms with E-state index in [1.54, 1.807) is 0 Å². The van der Waals surface area contributed by atoms with Crippen LogP contribution >= 0.6 is 0 Å². The van der Waals surface area contributed by atoms with E-state index < -0.39 is 0 Å². The van der Waals surface area contributed by atoms with Crippen molar-refractivity contribution in [2.75, 3.05) is 19.6 Å². The van der Waals surface area contributed by atoms with E-state index in [4.69, 9.17) is 0 Å². The van der Waals surface area contributed by atoms with Crippen LogP contribution in [0.15, 0.2) is 18.2 Å². The standard InChI is InChI=1S/C18H30N2/c1-14(2)10-18-13-20(9-5-8-19-18)12-17-7-6-15(3)16(4)11-17/h6-7,11,14,18-19H,5,8-10,12-13H2,1-4H3. The maximum absolute atomic E-state index is 3.71. The summed E-state index contributed by atoms with van der Waals surface area (Å²) in [5.41, 5.74) is 4.26. The van der Waals surface area contributed by atoms with E-state index in [1.165, 1.54) is 49.2 Å². The quantitative estimate of drug-likeness (QED) is 0.904. The molecule has 0 aliphatic carbocycles. The second-order valence-corrected chi connectivity index (χ2v) is 6.79. The summed E-state index contributed by atoms with van der Waals surface area (Å²) in [5.74, 6) is 0.772. The average Bonchev–Trinajstić information content (AvgIpc) is 2.58. The lowest BCUT2D eigenvalue weighted by Crippen LogP contribution is -2.38. The Morgan fingerprint density at radius 1 is 1.25 bits per heavy atom. The van der Waals surface area contributed by atoms with Gasteiger partial charge in [-0.1, -0.05) is 32.0 Å². The van der Waals surface area contributed by atoms with Crippen LogP contribution in [0, 0.1) is 19.8 Å². The molecular weight excluding hydrogens is 244 g/mol. The highest BCUT2D eigenvalue weighted by molar-refractivity contribution is 5.29. The SMILES string of the molecule is Cc1ccc(CN2CCCNC(CC(C)C)C2)cc1C. The summed E-state index contributed by atoms with van der Waals surface area (Å²) in [5, 5.41) is 3.71. The van der Waals surface area contributed by atoms with Crippen LogP contribution in [0.5, 0.6) is 0 Å². The number of hydrogen-bond acceptors (Lipinski definition) is 2. The molecule has 0 radical (unpaired) electrons. The minimum Gasteiger partial charge on any atom is -0.313 e. The molecule has 2 heteroatoms. The average molecular weight is 274 g/mol. The van der Waals surface area contributed by atoms with E-state index in [0.717, 1.165) is 12.5 Å². The number of benzene rings is 1. The summed E-state index contributed by atoms with van der Waals surface area (Å²) in [7, 11) is 0. The Labute approximate surface area is 124 Å². The summed E-state index contributed by atoms with van der Waals surface area (Å²) in [6, 6.07) is 7.55. The molecule has 20 heavy (non-hydrogen) atoms. The molecule has 112 valence electrons. The first kappa shape index (κ1) is 15.5. The zero-order chi connectivity index (χ0) is 14.5. The van der Waals surface area contributed by atoms with Gasteiger partial charge in [-0.25, -0.2) is 0 Å². The fourth-order valence-corrected chi connectivity index (χ4v) is 3.11. The van der Waals surface area contributed by atoms with Crippen molar-refractivity contribution in [1.82, 2.24) is 10.2 Å². The number of nitrogens with zero attached hydrogens (tertiary/aromatic N) is 1. The van der Waals surface area contributed by atoms with E-state index in [9.17, 15) is 0 Å². The maximum atomic E-state index is 3.71. The Hall–Kier alpha value is -0.860. The predicted molar refractivity (Wildman–Crippen MR) is 87.1 cm³/mol. The van der Waals surface area contributed by atoms with Gasteiger partial charge in [0.1, 0.15) is 0 Å². The second-order valence-electron chi connectivity index (χ2n) is 6.79. The van der Waals surface area contributed by atoms with Gasteiger partial charge in [0.2, 0.25) is 0 Å². The number of hydrogen-bond donors (Lipinski definition) is 1. The molecule has 1 N–H and O–H groups in total. The van der Waals surface area contributed by atoms with Crippen molar-refractivity contribution in [1.29, 1.82) is 0 Å². The summed E-state index contributed by atoms with van der Waals surface area (Å²) < 4.78 is 0. The smallest absolute Gasteiger partial charge is 0.0234 e. The molecule has 0 aromatic heterocycles. The first-order chi connectivity index (χ1) is 9.54. The van der Waals surface area contributed by atoms with Gasteiger partial charge in [0, 0.05) is 19.1 Å². The van der Waals surface area contributed by atoms with Gasteiger partial charge in [-0.05, 0) is 62.4 Å². The molecule has 1 aromatic rings. The van der Waals surface area contributed by atoms with Crippen molar-refractivity contribution in [3.8, 4) is 0 Å². The van der Waals surface area contributed by atoms with Crippen LogP contribution in [0.25, 0.3) is 0 Å². The Kier molecular flexibility index (Phi) is 5.62. The summed E-state index contributed by atoms with van der Waals surface area (Å²) in [6.45, 7) is 13.7. The van der Waals surface area contributed by atoms with Gasteiger partial charge < -0.3 is 5.32 Å². The molecule has 0 spiro atoms. The van der Waals surface area contributed by atoms with Gasteiger partial charge in [-0.15, -0.1) is 0 Å². The Morgan fingerprint density at radius 2 is 2.05 bits per heavy atom. The van der Waals surface area contributed by atoms with Gasteiger partial charge >= 0.3 is 0 Å². The van der Waals surface area contributed by atoms with Crippen LogP contribution in [0.3, 0.4) is 0 Å². The third-order valence-electron chi connectivity index (χ3n) is 4.30. The zero-order valence-electron chi connectivity index (χ0n) is 13.6.